The Morgan fingerprint density at radius 2 is 1.78 bits per heavy atom. The largest absolute Gasteiger partial charge is 0.456 e. The van der Waals surface area contributed by atoms with Gasteiger partial charge >= 0.3 is 5.97 Å². The fourth-order valence-electron chi connectivity index (χ4n) is 1.33. The molecule has 94 valence electrons. The lowest BCUT2D eigenvalue weighted by Crippen LogP contribution is -2.06. The molecule has 0 radical (unpaired) electrons. The number of esters is 1. The zero-order chi connectivity index (χ0) is 13.1. The van der Waals surface area contributed by atoms with Crippen molar-refractivity contribution >= 4 is 52.1 Å². The maximum Gasteiger partial charge on any atom is 0.341 e. The molecule has 2 nitrogen and oxygen atoms in total. The van der Waals surface area contributed by atoms with Gasteiger partial charge in [-0.2, -0.15) is 0 Å². The first-order valence-corrected chi connectivity index (χ1v) is 6.88. The van der Waals surface area contributed by atoms with Gasteiger partial charge in [0.05, 0.1) is 19.9 Å². The van der Waals surface area contributed by atoms with E-state index in [0.29, 0.717) is 4.34 Å². The zero-order valence-electron chi connectivity index (χ0n) is 8.95. The smallest absolute Gasteiger partial charge is 0.341 e. The number of thiophene rings is 1. The average Bonchev–Trinajstić information content (AvgIpc) is 2.72. The van der Waals surface area contributed by atoms with E-state index in [2.05, 4.69) is 0 Å². The van der Waals surface area contributed by atoms with Crippen LogP contribution < -0.4 is 0 Å². The number of halogens is 3. The molecule has 0 spiro atoms. The van der Waals surface area contributed by atoms with Gasteiger partial charge in [-0.05, 0) is 24.3 Å². The number of carbonyl (C=O) groups excluding carboxylic acids is 1. The fourth-order valence-corrected chi connectivity index (χ4v) is 2.88. The standard InChI is InChI=1S/C12H7Cl3O2S/c13-8-2-1-3-9(14)11(8)12(16)17-6-7-4-5-10(15)18-7/h1-5H,6H2. The molecule has 2 rings (SSSR count). The van der Waals surface area contributed by atoms with E-state index >= 15 is 0 Å². The first kappa shape index (κ1) is 13.7. The van der Waals surface area contributed by atoms with Gasteiger partial charge in [0.15, 0.2) is 0 Å². The van der Waals surface area contributed by atoms with Crippen LogP contribution in [-0.4, -0.2) is 5.97 Å². The SMILES string of the molecule is O=C(OCc1ccc(Cl)s1)c1c(Cl)cccc1Cl. The third-order valence-electron chi connectivity index (χ3n) is 2.14. The van der Waals surface area contributed by atoms with Crippen LogP contribution in [0.3, 0.4) is 0 Å². The van der Waals surface area contributed by atoms with Crippen LogP contribution in [0.1, 0.15) is 15.2 Å². The average molecular weight is 322 g/mol. The van der Waals surface area contributed by atoms with Crippen molar-refractivity contribution in [2.75, 3.05) is 0 Å². The molecule has 1 aromatic heterocycles. The second kappa shape index (κ2) is 5.93. The van der Waals surface area contributed by atoms with E-state index in [1.165, 1.54) is 11.3 Å². The monoisotopic (exact) mass is 320 g/mol. The van der Waals surface area contributed by atoms with Crippen molar-refractivity contribution in [3.8, 4) is 0 Å². The number of benzene rings is 1. The molecule has 0 bridgehead atoms. The molecular weight excluding hydrogens is 315 g/mol. The summed E-state index contributed by atoms with van der Waals surface area (Å²) < 4.78 is 5.78. The van der Waals surface area contributed by atoms with Gasteiger partial charge in [-0.15, -0.1) is 11.3 Å². The quantitative estimate of drug-likeness (QED) is 0.738. The molecule has 0 unspecified atom stereocenters. The first-order valence-electron chi connectivity index (χ1n) is 4.93. The van der Waals surface area contributed by atoms with Crippen molar-refractivity contribution < 1.29 is 9.53 Å². The molecule has 0 atom stereocenters. The normalized spacial score (nSPS) is 10.4. The summed E-state index contributed by atoms with van der Waals surface area (Å²) in [7, 11) is 0. The molecule has 1 heterocycles. The Hall–Kier alpha value is -0.740. The summed E-state index contributed by atoms with van der Waals surface area (Å²) in [5.74, 6) is -0.546. The Morgan fingerprint density at radius 3 is 2.33 bits per heavy atom. The molecular formula is C12H7Cl3O2S. The van der Waals surface area contributed by atoms with Crippen LogP contribution in [0.4, 0.5) is 0 Å². The van der Waals surface area contributed by atoms with Gasteiger partial charge in [-0.1, -0.05) is 40.9 Å². The topological polar surface area (TPSA) is 26.3 Å². The first-order chi connectivity index (χ1) is 8.58. The Bertz CT molecular complexity index is 560. The van der Waals surface area contributed by atoms with Crippen molar-refractivity contribution in [1.29, 1.82) is 0 Å². The number of hydrogen-bond donors (Lipinski definition) is 0. The Balaban J connectivity index is 2.08. The molecule has 0 aliphatic rings. The lowest BCUT2D eigenvalue weighted by Gasteiger charge is -2.06. The van der Waals surface area contributed by atoms with Crippen LogP contribution in [0.5, 0.6) is 0 Å². The van der Waals surface area contributed by atoms with Crippen molar-refractivity contribution in [1.82, 2.24) is 0 Å². The summed E-state index contributed by atoms with van der Waals surface area (Å²) in [5, 5.41) is 0.549. The second-order valence-corrected chi connectivity index (χ2v) is 5.99. The van der Waals surface area contributed by atoms with Gasteiger partial charge in [0.2, 0.25) is 0 Å². The van der Waals surface area contributed by atoms with Gasteiger partial charge in [-0.25, -0.2) is 4.79 Å². The summed E-state index contributed by atoms with van der Waals surface area (Å²) >= 11 is 18.9. The van der Waals surface area contributed by atoms with Gasteiger partial charge in [0.1, 0.15) is 6.61 Å². The summed E-state index contributed by atoms with van der Waals surface area (Å²) in [6.45, 7) is 0.151. The highest BCUT2D eigenvalue weighted by atomic mass is 35.5. The number of rotatable bonds is 3. The molecule has 18 heavy (non-hydrogen) atoms. The van der Waals surface area contributed by atoms with Crippen LogP contribution in [0.2, 0.25) is 14.4 Å². The molecule has 0 N–H and O–H groups in total. The molecule has 0 amide bonds. The highest BCUT2D eigenvalue weighted by molar-refractivity contribution is 7.16. The molecule has 0 saturated carbocycles. The summed E-state index contributed by atoms with van der Waals surface area (Å²) in [6.07, 6.45) is 0. The lowest BCUT2D eigenvalue weighted by atomic mass is 10.2. The summed E-state index contributed by atoms with van der Waals surface area (Å²) in [6, 6.07) is 8.39. The molecule has 0 aliphatic carbocycles. The zero-order valence-corrected chi connectivity index (χ0v) is 12.0. The van der Waals surface area contributed by atoms with Crippen LogP contribution in [0.25, 0.3) is 0 Å². The Morgan fingerprint density at radius 1 is 1.11 bits per heavy atom. The van der Waals surface area contributed by atoms with Crippen molar-refractivity contribution in [2.45, 2.75) is 6.61 Å². The number of carbonyl (C=O) groups is 1. The highest BCUT2D eigenvalue weighted by Crippen LogP contribution is 2.26. The number of ether oxygens (including phenoxy) is 1. The second-order valence-electron chi connectivity index (χ2n) is 3.38. The van der Waals surface area contributed by atoms with E-state index in [9.17, 15) is 4.79 Å². The molecule has 0 fully saturated rings. The predicted octanol–water partition coefficient (Wildman–Crippen LogP) is 5.07. The molecule has 0 saturated heterocycles. The molecule has 1 aromatic carbocycles. The summed E-state index contributed by atoms with van der Waals surface area (Å²) in [4.78, 5) is 12.7. The summed E-state index contributed by atoms with van der Waals surface area (Å²) in [5.41, 5.74) is 0.184. The molecule has 0 aliphatic heterocycles. The van der Waals surface area contributed by atoms with Gasteiger partial charge < -0.3 is 4.74 Å². The van der Waals surface area contributed by atoms with Gasteiger partial charge in [0, 0.05) is 4.88 Å². The van der Waals surface area contributed by atoms with E-state index in [0.717, 1.165) is 4.88 Å². The van der Waals surface area contributed by atoms with Gasteiger partial charge in [0.25, 0.3) is 0 Å². The van der Waals surface area contributed by atoms with Crippen LogP contribution in [0.15, 0.2) is 30.3 Å². The van der Waals surface area contributed by atoms with Crippen LogP contribution in [0, 0.1) is 0 Å². The van der Waals surface area contributed by atoms with E-state index in [-0.39, 0.29) is 22.2 Å². The number of hydrogen-bond acceptors (Lipinski definition) is 3. The minimum Gasteiger partial charge on any atom is -0.456 e. The molecule has 6 heteroatoms. The van der Waals surface area contributed by atoms with Crippen molar-refractivity contribution in [3.63, 3.8) is 0 Å². The molecule has 2 aromatic rings. The van der Waals surface area contributed by atoms with E-state index < -0.39 is 5.97 Å². The Labute approximate surface area is 123 Å². The Kier molecular flexibility index (Phi) is 4.51. The lowest BCUT2D eigenvalue weighted by molar-refractivity contribution is 0.0477. The van der Waals surface area contributed by atoms with E-state index in [1.54, 1.807) is 30.3 Å². The van der Waals surface area contributed by atoms with Crippen LogP contribution in [-0.2, 0) is 11.3 Å². The maximum atomic E-state index is 11.8. The van der Waals surface area contributed by atoms with Crippen LogP contribution >= 0.6 is 46.1 Å². The van der Waals surface area contributed by atoms with Crippen molar-refractivity contribution in [3.05, 3.63) is 55.2 Å². The van der Waals surface area contributed by atoms with Crippen molar-refractivity contribution in [2.24, 2.45) is 0 Å². The maximum absolute atomic E-state index is 11.8. The fraction of sp³-hybridized carbons (Fsp3) is 0.0833. The third kappa shape index (κ3) is 3.18. The third-order valence-corrected chi connectivity index (χ3v) is 3.98. The highest BCUT2D eigenvalue weighted by Gasteiger charge is 2.16. The predicted molar refractivity (Wildman–Crippen MR) is 74.9 cm³/mol. The minimum absolute atomic E-state index is 0.151. The minimum atomic E-state index is -0.546. The van der Waals surface area contributed by atoms with Gasteiger partial charge in [-0.3, -0.25) is 0 Å². The van der Waals surface area contributed by atoms with E-state index in [4.69, 9.17) is 39.5 Å². The van der Waals surface area contributed by atoms with E-state index in [1.807, 2.05) is 0 Å².